The van der Waals surface area contributed by atoms with E-state index in [0.717, 1.165) is 31.4 Å². The van der Waals surface area contributed by atoms with Gasteiger partial charge in [0.15, 0.2) is 23.0 Å². The number of aliphatic hydroxyl groups excluding tert-OH is 1. The largest absolute Gasteiger partial charge is 0.448 e. The number of aliphatic hydroxyl groups is 2. The molecule has 0 radical (unpaired) electrons. The highest BCUT2D eigenvalue weighted by Gasteiger charge is 2.78. The Hall–Kier alpha value is -2.95. The van der Waals surface area contributed by atoms with E-state index >= 15 is 4.79 Å². The molecular weight excluding hydrogens is 692 g/mol. The lowest BCUT2D eigenvalue weighted by Crippen LogP contribution is -2.68. The molecule has 0 aromatic heterocycles. The Balaban J connectivity index is 1.12. The fourth-order valence-corrected chi connectivity index (χ4v) is 13.9. The van der Waals surface area contributed by atoms with E-state index in [9.17, 15) is 28.6 Å². The van der Waals surface area contributed by atoms with Crippen molar-refractivity contribution in [3.05, 3.63) is 59.2 Å². The second kappa shape index (κ2) is 11.3. The van der Waals surface area contributed by atoms with Gasteiger partial charge in [-0.1, -0.05) is 45.9 Å². The van der Waals surface area contributed by atoms with Crippen LogP contribution in [0.2, 0.25) is 0 Å². The van der Waals surface area contributed by atoms with Gasteiger partial charge in [0.05, 0.1) is 29.8 Å². The maximum Gasteiger partial charge on any atom is 0.313 e. The lowest BCUT2D eigenvalue weighted by molar-refractivity contribution is -0.188. The zero-order valence-corrected chi connectivity index (χ0v) is 32.3. The maximum atomic E-state index is 15.1. The number of halogens is 2. The molecule has 1 aromatic carbocycles. The summed E-state index contributed by atoms with van der Waals surface area (Å²) in [5, 5.41) is 24.2. The van der Waals surface area contributed by atoms with E-state index in [-0.39, 0.29) is 59.7 Å². The van der Waals surface area contributed by atoms with E-state index in [1.807, 2.05) is 20.8 Å². The normalized spacial score (nSPS) is 46.5. The van der Waals surface area contributed by atoms with E-state index in [0.29, 0.717) is 63.5 Å². The third kappa shape index (κ3) is 4.26. The smallest absolute Gasteiger partial charge is 0.313 e. The second-order valence-electron chi connectivity index (χ2n) is 19.8. The molecule has 2 spiro atoms. The van der Waals surface area contributed by atoms with Gasteiger partial charge in [0.1, 0.15) is 0 Å². The van der Waals surface area contributed by atoms with Crippen LogP contribution in [0.15, 0.2) is 42.0 Å². The molecule has 1 unspecified atom stereocenters. The number of Topliss-reactive ketones (excluding diaryl/α,β-unsaturated/α-hetero) is 1. The molecular formula is C44H55F2NO7. The molecule has 2 aliphatic heterocycles. The summed E-state index contributed by atoms with van der Waals surface area (Å²) >= 11 is 0. The first-order chi connectivity index (χ1) is 25.3. The van der Waals surface area contributed by atoms with Crippen molar-refractivity contribution in [3.63, 3.8) is 0 Å². The number of carbonyl (C=O) groups is 3. The molecule has 11 atom stereocenters. The van der Waals surface area contributed by atoms with Gasteiger partial charge in [-0.3, -0.25) is 14.4 Å². The van der Waals surface area contributed by atoms with Crippen molar-refractivity contribution in [2.24, 2.45) is 44.3 Å². The number of fused-ring (bicyclic) bond motifs is 3. The van der Waals surface area contributed by atoms with Crippen molar-refractivity contribution < 1.29 is 42.9 Å². The topological polar surface area (TPSA) is 113 Å². The molecule has 54 heavy (non-hydrogen) atoms. The van der Waals surface area contributed by atoms with Crippen LogP contribution in [0, 0.1) is 56.0 Å². The van der Waals surface area contributed by atoms with E-state index < -0.39 is 56.0 Å². The summed E-state index contributed by atoms with van der Waals surface area (Å²) in [4.78, 5) is 44.9. The van der Waals surface area contributed by atoms with E-state index in [2.05, 4.69) is 32.1 Å². The summed E-state index contributed by atoms with van der Waals surface area (Å²) in [6.07, 6.45) is 12.7. The number of nitrogens with zero attached hydrogens (tertiary/aromatic N) is 1. The Morgan fingerprint density at radius 3 is 2.30 bits per heavy atom. The summed E-state index contributed by atoms with van der Waals surface area (Å²) in [5.41, 5.74) is -6.01. The first-order valence-electron chi connectivity index (χ1n) is 20.3. The lowest BCUT2D eigenvalue weighted by atomic mass is 9.32. The molecule has 2 saturated heterocycles. The van der Waals surface area contributed by atoms with Crippen molar-refractivity contribution in [2.45, 2.75) is 129 Å². The number of rotatable bonds is 7. The Morgan fingerprint density at radius 1 is 0.907 bits per heavy atom. The highest BCUT2D eigenvalue weighted by molar-refractivity contribution is 6.10. The molecule has 10 rings (SSSR count). The van der Waals surface area contributed by atoms with E-state index in [1.165, 1.54) is 6.07 Å². The van der Waals surface area contributed by atoms with Crippen molar-refractivity contribution in [1.29, 1.82) is 0 Å². The number of benzene rings is 1. The maximum absolute atomic E-state index is 15.1. The fourth-order valence-electron chi connectivity index (χ4n) is 13.9. The second-order valence-corrected chi connectivity index (χ2v) is 19.8. The number of ketones is 1. The zero-order chi connectivity index (χ0) is 38.5. The van der Waals surface area contributed by atoms with Crippen LogP contribution >= 0.6 is 0 Å². The first kappa shape index (κ1) is 36.7. The summed E-state index contributed by atoms with van der Waals surface area (Å²) in [6.45, 7) is 11.1. The Bertz CT molecular complexity index is 1910. The molecule has 6 fully saturated rings. The zero-order valence-electron chi connectivity index (χ0n) is 32.3. The number of allylic oxidation sites excluding steroid dienone is 4. The monoisotopic (exact) mass is 747 g/mol. The van der Waals surface area contributed by atoms with Crippen molar-refractivity contribution >= 4 is 17.7 Å². The van der Waals surface area contributed by atoms with Crippen LogP contribution in [0.1, 0.15) is 116 Å². The summed E-state index contributed by atoms with van der Waals surface area (Å²) < 4.78 is 41.0. The molecule has 4 saturated carbocycles. The molecule has 7 aliphatic carbocycles. The molecule has 10 heteroatoms. The van der Waals surface area contributed by atoms with Gasteiger partial charge < -0.3 is 24.6 Å². The van der Waals surface area contributed by atoms with Crippen LogP contribution in [0.5, 0.6) is 0 Å². The summed E-state index contributed by atoms with van der Waals surface area (Å²) in [5.74, 6) is -3.27. The van der Waals surface area contributed by atoms with Gasteiger partial charge in [-0.2, -0.15) is 0 Å². The van der Waals surface area contributed by atoms with Crippen LogP contribution < -0.4 is 0 Å². The Morgan fingerprint density at radius 2 is 1.63 bits per heavy atom. The van der Waals surface area contributed by atoms with Gasteiger partial charge in [-0.25, -0.2) is 8.78 Å². The van der Waals surface area contributed by atoms with Gasteiger partial charge in [-0.15, -0.1) is 0 Å². The number of ether oxygens (including phenoxy) is 2. The van der Waals surface area contributed by atoms with Crippen LogP contribution in [-0.2, 0) is 19.1 Å². The number of hydrogen-bond donors (Lipinski definition) is 2. The lowest BCUT2D eigenvalue weighted by Gasteiger charge is -2.71. The standard InChI is InChI=1S/C44H55F2NO7/c1-37(2)40(5)16-19-44(37,54-36(40)51)35(50)47(24-28-7-6-20-53-28)25-42(52)15-12-33-39(42,4)14-11-32-38(3)13-10-27(48)22-41(38)17-18-43(32,33)29(23-41)34(49)26-8-9-30(45)31(46)21-26/h8-9,17-18,21,23,27-28,32-33,48,52H,6-7,10-16,19-20,22,24-25H2,1-5H3/t27?,28-,32-,33-,38-,39+,40+,41+,42-,43-,44-/m1/s1. The number of amides is 1. The van der Waals surface area contributed by atoms with Crippen LogP contribution in [0.3, 0.4) is 0 Å². The highest BCUT2D eigenvalue weighted by atomic mass is 19.2. The van der Waals surface area contributed by atoms with Gasteiger partial charge >= 0.3 is 5.97 Å². The fraction of sp³-hybridized carbons (Fsp3) is 0.705. The van der Waals surface area contributed by atoms with Crippen molar-refractivity contribution in [2.75, 3.05) is 19.7 Å². The molecule has 8 nitrogen and oxygen atoms in total. The van der Waals surface area contributed by atoms with Crippen LogP contribution in [-0.4, -0.2) is 75.9 Å². The number of hydrogen-bond acceptors (Lipinski definition) is 7. The average Bonchev–Trinajstić information content (AvgIpc) is 3.82. The molecule has 2 heterocycles. The van der Waals surface area contributed by atoms with E-state index in [4.69, 9.17) is 9.47 Å². The SMILES string of the molecule is CC1(C)[C@@]2(C)CC[C@]1(C(=O)N(C[C@H]1CCCO1)C[C@]1(O)CC[C@H]3[C@]45C=C[C@@]6(C=C4C(=O)c4ccc(F)c(F)c4)CC(O)CC[C@]6(C)[C@H]5CC[C@@]31C)OC2=O. The third-order valence-electron chi connectivity index (χ3n) is 17.8. The average molecular weight is 748 g/mol. The molecule has 292 valence electrons. The van der Waals surface area contributed by atoms with Crippen LogP contribution in [0.4, 0.5) is 8.78 Å². The van der Waals surface area contributed by atoms with E-state index in [1.54, 1.807) is 4.90 Å². The molecule has 1 amide bonds. The van der Waals surface area contributed by atoms with Crippen molar-refractivity contribution in [3.8, 4) is 0 Å². The number of carbonyl (C=O) groups excluding carboxylic acids is 3. The van der Waals surface area contributed by atoms with Gasteiger partial charge in [0, 0.05) is 45.9 Å². The molecule has 2 N–H and O–H groups in total. The van der Waals surface area contributed by atoms with Gasteiger partial charge in [0.25, 0.3) is 5.91 Å². The highest BCUT2D eigenvalue weighted by Crippen LogP contribution is 2.78. The molecule has 9 aliphatic rings. The summed E-state index contributed by atoms with van der Waals surface area (Å²) in [6, 6.07) is 3.32. The van der Waals surface area contributed by atoms with Gasteiger partial charge in [0.2, 0.25) is 0 Å². The third-order valence-corrected chi connectivity index (χ3v) is 17.8. The summed E-state index contributed by atoms with van der Waals surface area (Å²) in [7, 11) is 0. The minimum absolute atomic E-state index is 0.00977. The minimum atomic E-state index is -1.35. The molecule has 1 aromatic rings. The first-order valence-corrected chi connectivity index (χ1v) is 20.3. The predicted molar refractivity (Wildman–Crippen MR) is 195 cm³/mol. The van der Waals surface area contributed by atoms with Crippen LogP contribution in [0.25, 0.3) is 0 Å². The predicted octanol–water partition coefficient (Wildman–Crippen LogP) is 6.87. The Labute approximate surface area is 316 Å². The van der Waals surface area contributed by atoms with Crippen molar-refractivity contribution in [1.82, 2.24) is 4.90 Å². The Kier molecular flexibility index (Phi) is 7.70. The molecule has 4 bridgehead atoms. The quantitative estimate of drug-likeness (QED) is 0.178. The minimum Gasteiger partial charge on any atom is -0.448 e. The number of esters is 1. The van der Waals surface area contributed by atoms with Gasteiger partial charge in [-0.05, 0) is 113 Å².